The summed E-state index contributed by atoms with van der Waals surface area (Å²) in [6, 6.07) is 8.60. The first-order valence-electron chi connectivity index (χ1n) is 7.02. The van der Waals surface area contributed by atoms with Crippen LogP contribution >= 0.6 is 27.7 Å². The Balaban J connectivity index is 2.09. The van der Waals surface area contributed by atoms with Crippen molar-refractivity contribution in [3.8, 4) is 0 Å². The van der Waals surface area contributed by atoms with Gasteiger partial charge in [-0.25, -0.2) is 0 Å². The molecule has 0 aliphatic carbocycles. The van der Waals surface area contributed by atoms with Crippen molar-refractivity contribution in [1.82, 2.24) is 15.2 Å². The number of aryl methyl sites for hydroxylation is 2. The SMILES string of the molecule is CCCn1ncc(Br)c1C(CSc1ccc(C)cc1)NN. The summed E-state index contributed by atoms with van der Waals surface area (Å²) in [7, 11) is 0. The van der Waals surface area contributed by atoms with Crippen LogP contribution in [-0.4, -0.2) is 15.5 Å². The Morgan fingerprint density at radius 2 is 2.10 bits per heavy atom. The van der Waals surface area contributed by atoms with Gasteiger partial charge in [0.15, 0.2) is 0 Å². The van der Waals surface area contributed by atoms with E-state index in [1.165, 1.54) is 10.5 Å². The van der Waals surface area contributed by atoms with E-state index in [0.29, 0.717) is 0 Å². The molecule has 1 aromatic carbocycles. The largest absolute Gasteiger partial charge is 0.271 e. The Kier molecular flexibility index (Phi) is 6.29. The van der Waals surface area contributed by atoms with E-state index < -0.39 is 0 Å². The van der Waals surface area contributed by atoms with Crippen LogP contribution in [0.2, 0.25) is 0 Å². The number of thioether (sulfide) groups is 1. The number of nitrogens with two attached hydrogens (primary N) is 1. The van der Waals surface area contributed by atoms with E-state index >= 15 is 0 Å². The van der Waals surface area contributed by atoms with E-state index in [-0.39, 0.29) is 6.04 Å². The molecule has 114 valence electrons. The molecule has 1 aromatic heterocycles. The molecule has 0 saturated heterocycles. The van der Waals surface area contributed by atoms with Crippen LogP contribution in [0.4, 0.5) is 0 Å². The predicted octanol–water partition coefficient (Wildman–Crippen LogP) is 3.66. The lowest BCUT2D eigenvalue weighted by atomic mass is 10.2. The van der Waals surface area contributed by atoms with Gasteiger partial charge in [0.2, 0.25) is 0 Å². The molecule has 1 atom stereocenters. The fraction of sp³-hybridized carbons (Fsp3) is 0.400. The van der Waals surface area contributed by atoms with E-state index in [1.807, 2.05) is 10.9 Å². The highest BCUT2D eigenvalue weighted by Crippen LogP contribution is 2.29. The molecule has 1 heterocycles. The fourth-order valence-electron chi connectivity index (χ4n) is 2.13. The number of hydrogen-bond donors (Lipinski definition) is 2. The molecule has 0 bridgehead atoms. The van der Waals surface area contributed by atoms with Crippen LogP contribution in [0.3, 0.4) is 0 Å². The Labute approximate surface area is 138 Å². The molecule has 0 aliphatic rings. The highest BCUT2D eigenvalue weighted by molar-refractivity contribution is 9.10. The van der Waals surface area contributed by atoms with Crippen molar-refractivity contribution in [3.05, 3.63) is 46.2 Å². The molecular weight excluding hydrogens is 348 g/mol. The number of benzene rings is 1. The maximum Gasteiger partial charge on any atom is 0.0734 e. The van der Waals surface area contributed by atoms with Crippen LogP contribution in [0.5, 0.6) is 0 Å². The Morgan fingerprint density at radius 1 is 1.38 bits per heavy atom. The topological polar surface area (TPSA) is 55.9 Å². The predicted molar refractivity (Wildman–Crippen MR) is 92.2 cm³/mol. The third kappa shape index (κ3) is 4.32. The summed E-state index contributed by atoms with van der Waals surface area (Å²) >= 11 is 5.37. The van der Waals surface area contributed by atoms with Gasteiger partial charge in [0, 0.05) is 17.2 Å². The average molecular weight is 369 g/mol. The first-order valence-corrected chi connectivity index (χ1v) is 8.80. The van der Waals surface area contributed by atoms with Crippen molar-refractivity contribution in [2.24, 2.45) is 5.84 Å². The number of nitrogens with one attached hydrogen (secondary N) is 1. The molecule has 6 heteroatoms. The van der Waals surface area contributed by atoms with Crippen LogP contribution in [0.25, 0.3) is 0 Å². The maximum absolute atomic E-state index is 5.76. The third-order valence-corrected chi connectivity index (χ3v) is 4.95. The molecule has 4 nitrogen and oxygen atoms in total. The van der Waals surface area contributed by atoms with Gasteiger partial charge in [0.25, 0.3) is 0 Å². The van der Waals surface area contributed by atoms with E-state index in [4.69, 9.17) is 5.84 Å². The molecule has 0 spiro atoms. The molecule has 0 radical (unpaired) electrons. The molecule has 3 N–H and O–H groups in total. The number of nitrogens with zero attached hydrogens (tertiary/aromatic N) is 2. The molecular formula is C15H21BrN4S. The highest BCUT2D eigenvalue weighted by Gasteiger charge is 2.19. The molecule has 1 unspecified atom stereocenters. The van der Waals surface area contributed by atoms with Crippen molar-refractivity contribution in [1.29, 1.82) is 0 Å². The van der Waals surface area contributed by atoms with E-state index in [2.05, 4.69) is 64.6 Å². The van der Waals surface area contributed by atoms with Gasteiger partial charge in [0.1, 0.15) is 0 Å². The number of rotatable bonds is 7. The minimum atomic E-state index is 0.0553. The standard InChI is InChI=1S/C15H21BrN4S/c1-3-8-20-15(13(16)9-18-20)14(19-17)10-21-12-6-4-11(2)5-7-12/h4-7,9,14,19H,3,8,10,17H2,1-2H3. The summed E-state index contributed by atoms with van der Waals surface area (Å²) < 4.78 is 3.02. The Hall–Kier alpha value is -0.820. The second kappa shape index (κ2) is 7.98. The second-order valence-electron chi connectivity index (χ2n) is 4.94. The van der Waals surface area contributed by atoms with Crippen LogP contribution in [0.1, 0.15) is 30.6 Å². The van der Waals surface area contributed by atoms with E-state index in [0.717, 1.165) is 28.9 Å². The van der Waals surface area contributed by atoms with Gasteiger partial charge < -0.3 is 0 Å². The summed E-state index contributed by atoms with van der Waals surface area (Å²) in [4.78, 5) is 1.25. The molecule has 0 saturated carbocycles. The zero-order chi connectivity index (χ0) is 15.2. The fourth-order valence-corrected chi connectivity index (χ4v) is 3.64. The maximum atomic E-state index is 5.76. The average Bonchev–Trinajstić information content (AvgIpc) is 2.84. The molecule has 21 heavy (non-hydrogen) atoms. The molecule has 2 aromatic rings. The van der Waals surface area contributed by atoms with Gasteiger partial charge in [-0.3, -0.25) is 16.0 Å². The van der Waals surface area contributed by atoms with Crippen molar-refractivity contribution in [2.45, 2.75) is 37.8 Å². The summed E-state index contributed by atoms with van der Waals surface area (Å²) in [5.41, 5.74) is 5.30. The summed E-state index contributed by atoms with van der Waals surface area (Å²) in [6.07, 6.45) is 2.88. The van der Waals surface area contributed by atoms with Crippen LogP contribution < -0.4 is 11.3 Å². The van der Waals surface area contributed by atoms with Crippen LogP contribution in [0, 0.1) is 6.92 Å². The third-order valence-electron chi connectivity index (χ3n) is 3.24. The lowest BCUT2D eigenvalue weighted by Crippen LogP contribution is -2.31. The summed E-state index contributed by atoms with van der Waals surface area (Å²) in [5.74, 6) is 6.62. The first kappa shape index (κ1) is 16.5. The van der Waals surface area contributed by atoms with Gasteiger partial charge in [-0.2, -0.15) is 5.10 Å². The van der Waals surface area contributed by atoms with Crippen LogP contribution in [0.15, 0.2) is 39.8 Å². The van der Waals surface area contributed by atoms with Crippen molar-refractivity contribution < 1.29 is 0 Å². The lowest BCUT2D eigenvalue weighted by Gasteiger charge is -2.18. The van der Waals surface area contributed by atoms with Gasteiger partial charge in [0.05, 0.1) is 22.4 Å². The molecule has 0 aliphatic heterocycles. The monoisotopic (exact) mass is 368 g/mol. The van der Waals surface area contributed by atoms with E-state index in [9.17, 15) is 0 Å². The number of hydrazine groups is 1. The highest BCUT2D eigenvalue weighted by atomic mass is 79.9. The quantitative estimate of drug-likeness (QED) is 0.444. The smallest absolute Gasteiger partial charge is 0.0734 e. The van der Waals surface area contributed by atoms with E-state index in [1.54, 1.807) is 11.8 Å². The van der Waals surface area contributed by atoms with Gasteiger partial charge >= 0.3 is 0 Å². The summed E-state index contributed by atoms with van der Waals surface area (Å²) in [6.45, 7) is 5.14. The number of hydrogen-bond acceptors (Lipinski definition) is 4. The number of halogens is 1. The summed E-state index contributed by atoms with van der Waals surface area (Å²) in [5, 5.41) is 4.41. The van der Waals surface area contributed by atoms with Crippen molar-refractivity contribution >= 4 is 27.7 Å². The van der Waals surface area contributed by atoms with Gasteiger partial charge in [-0.15, -0.1) is 11.8 Å². The minimum Gasteiger partial charge on any atom is -0.271 e. The normalized spacial score (nSPS) is 12.6. The van der Waals surface area contributed by atoms with Crippen molar-refractivity contribution in [2.75, 3.05) is 5.75 Å². The second-order valence-corrected chi connectivity index (χ2v) is 6.89. The van der Waals surface area contributed by atoms with Crippen LogP contribution in [-0.2, 0) is 6.54 Å². The first-order chi connectivity index (χ1) is 10.2. The lowest BCUT2D eigenvalue weighted by molar-refractivity contribution is 0.507. The zero-order valence-corrected chi connectivity index (χ0v) is 14.7. The molecule has 0 fully saturated rings. The zero-order valence-electron chi connectivity index (χ0n) is 12.3. The Morgan fingerprint density at radius 3 is 2.71 bits per heavy atom. The molecule has 2 rings (SSSR count). The minimum absolute atomic E-state index is 0.0553. The number of aromatic nitrogens is 2. The van der Waals surface area contributed by atoms with Gasteiger partial charge in [-0.1, -0.05) is 24.6 Å². The van der Waals surface area contributed by atoms with Gasteiger partial charge in [-0.05, 0) is 41.4 Å². The van der Waals surface area contributed by atoms with Crippen molar-refractivity contribution in [3.63, 3.8) is 0 Å². The molecule has 0 amide bonds. The Bertz CT molecular complexity index is 568.